The molecular formula is C7H6BrN3O. The van der Waals surface area contributed by atoms with Gasteiger partial charge < -0.3 is 0 Å². The van der Waals surface area contributed by atoms with Crippen LogP contribution in [-0.4, -0.2) is 14.6 Å². The zero-order valence-electron chi connectivity index (χ0n) is 6.34. The summed E-state index contributed by atoms with van der Waals surface area (Å²) in [5.41, 5.74) is 1.41. The number of aromatic nitrogens is 3. The molecule has 1 N–H and O–H groups in total. The summed E-state index contributed by atoms with van der Waals surface area (Å²) in [4.78, 5) is 11.1. The van der Waals surface area contributed by atoms with Crippen molar-refractivity contribution in [2.24, 2.45) is 0 Å². The molecule has 2 rings (SSSR count). The maximum Gasteiger partial charge on any atom is 0.347 e. The summed E-state index contributed by atoms with van der Waals surface area (Å²) >= 11 is 3.32. The number of fused-ring (bicyclic) bond motifs is 1. The number of hydrogen-bond acceptors (Lipinski definition) is 2. The molecule has 2 aromatic heterocycles. The van der Waals surface area contributed by atoms with Crippen LogP contribution in [0, 0.1) is 6.92 Å². The number of rotatable bonds is 0. The van der Waals surface area contributed by atoms with Crippen LogP contribution in [0.15, 0.2) is 21.5 Å². The van der Waals surface area contributed by atoms with Gasteiger partial charge in [-0.15, -0.1) is 0 Å². The molecule has 5 heteroatoms. The summed E-state index contributed by atoms with van der Waals surface area (Å²) < 4.78 is 2.29. The summed E-state index contributed by atoms with van der Waals surface area (Å²) in [6, 6.07) is 1.91. The number of aryl methyl sites for hydroxylation is 1. The molecule has 0 aliphatic heterocycles. The van der Waals surface area contributed by atoms with Gasteiger partial charge in [-0.2, -0.15) is 5.10 Å². The lowest BCUT2D eigenvalue weighted by Gasteiger charge is -1.95. The standard InChI is InChI=1S/C7H6BrN3O/c1-4-2-5(8)6-9-10-7(12)11(6)3-4/h2-3H,1H3,(H,10,12). The largest absolute Gasteiger partial charge is 0.347 e. The first-order valence-corrected chi connectivity index (χ1v) is 4.20. The third-order valence-electron chi connectivity index (χ3n) is 1.61. The van der Waals surface area contributed by atoms with E-state index in [-0.39, 0.29) is 5.69 Å². The molecule has 4 nitrogen and oxygen atoms in total. The third kappa shape index (κ3) is 0.972. The zero-order valence-corrected chi connectivity index (χ0v) is 7.92. The van der Waals surface area contributed by atoms with Crippen molar-refractivity contribution in [2.45, 2.75) is 6.92 Å². The van der Waals surface area contributed by atoms with Gasteiger partial charge in [0.1, 0.15) is 0 Å². The van der Waals surface area contributed by atoms with E-state index in [4.69, 9.17) is 0 Å². The summed E-state index contributed by atoms with van der Waals surface area (Å²) in [6.07, 6.45) is 1.74. The van der Waals surface area contributed by atoms with Gasteiger partial charge in [0.2, 0.25) is 0 Å². The Balaban J connectivity index is 3.02. The average Bonchev–Trinajstić information content (AvgIpc) is 2.33. The van der Waals surface area contributed by atoms with Gasteiger partial charge in [-0.3, -0.25) is 0 Å². The lowest BCUT2D eigenvalue weighted by molar-refractivity contribution is 1.02. The maximum atomic E-state index is 11.1. The van der Waals surface area contributed by atoms with Crippen LogP contribution in [0.25, 0.3) is 5.65 Å². The molecule has 0 aliphatic carbocycles. The number of nitrogens with zero attached hydrogens (tertiary/aromatic N) is 2. The van der Waals surface area contributed by atoms with Gasteiger partial charge in [-0.05, 0) is 34.5 Å². The van der Waals surface area contributed by atoms with Crippen LogP contribution in [0.1, 0.15) is 5.56 Å². The maximum absolute atomic E-state index is 11.1. The molecule has 0 saturated heterocycles. The molecule has 2 heterocycles. The lowest BCUT2D eigenvalue weighted by atomic mass is 10.3. The lowest BCUT2D eigenvalue weighted by Crippen LogP contribution is -2.08. The van der Waals surface area contributed by atoms with E-state index in [1.165, 1.54) is 4.40 Å². The predicted octanol–water partition coefficient (Wildman–Crippen LogP) is 1.09. The molecule has 0 aliphatic rings. The molecule has 62 valence electrons. The molecule has 0 amide bonds. The van der Waals surface area contributed by atoms with Crippen LogP contribution >= 0.6 is 15.9 Å². The Labute approximate surface area is 76.4 Å². The molecule has 0 fully saturated rings. The number of aromatic amines is 1. The quantitative estimate of drug-likeness (QED) is 0.733. The fourth-order valence-corrected chi connectivity index (χ4v) is 1.74. The summed E-state index contributed by atoms with van der Waals surface area (Å²) in [7, 11) is 0. The van der Waals surface area contributed by atoms with E-state index in [0.29, 0.717) is 5.65 Å². The van der Waals surface area contributed by atoms with Crippen LogP contribution in [-0.2, 0) is 0 Å². The average molecular weight is 228 g/mol. The van der Waals surface area contributed by atoms with Crippen molar-refractivity contribution >= 4 is 21.6 Å². The van der Waals surface area contributed by atoms with Crippen molar-refractivity contribution in [1.82, 2.24) is 14.6 Å². The Morgan fingerprint density at radius 3 is 3.17 bits per heavy atom. The normalized spacial score (nSPS) is 10.8. The fourth-order valence-electron chi connectivity index (χ4n) is 1.10. The van der Waals surface area contributed by atoms with E-state index in [9.17, 15) is 4.79 Å². The highest BCUT2D eigenvalue weighted by Crippen LogP contribution is 2.15. The van der Waals surface area contributed by atoms with E-state index in [2.05, 4.69) is 26.1 Å². The SMILES string of the molecule is Cc1cc(Br)c2n[nH]c(=O)n2c1. The van der Waals surface area contributed by atoms with Crippen molar-refractivity contribution in [3.8, 4) is 0 Å². The van der Waals surface area contributed by atoms with Crippen molar-refractivity contribution in [3.05, 3.63) is 32.8 Å². The number of pyridine rings is 1. The van der Waals surface area contributed by atoms with Gasteiger partial charge >= 0.3 is 5.69 Å². The van der Waals surface area contributed by atoms with Crippen molar-refractivity contribution in [1.29, 1.82) is 0 Å². The second-order valence-electron chi connectivity index (χ2n) is 2.59. The second kappa shape index (κ2) is 2.45. The van der Waals surface area contributed by atoms with E-state index < -0.39 is 0 Å². The molecule has 0 aromatic carbocycles. The Morgan fingerprint density at radius 2 is 2.42 bits per heavy atom. The van der Waals surface area contributed by atoms with Gasteiger partial charge in [0.15, 0.2) is 5.65 Å². The molecule has 0 bridgehead atoms. The van der Waals surface area contributed by atoms with Crippen LogP contribution in [0.4, 0.5) is 0 Å². The van der Waals surface area contributed by atoms with E-state index in [1.54, 1.807) is 6.20 Å². The highest BCUT2D eigenvalue weighted by Gasteiger charge is 2.03. The zero-order chi connectivity index (χ0) is 8.72. The monoisotopic (exact) mass is 227 g/mol. The number of halogens is 1. The Bertz CT molecular complexity index is 485. The molecule has 0 spiro atoms. The Hall–Kier alpha value is -1.10. The molecule has 12 heavy (non-hydrogen) atoms. The highest BCUT2D eigenvalue weighted by molar-refractivity contribution is 9.10. The third-order valence-corrected chi connectivity index (χ3v) is 2.19. The van der Waals surface area contributed by atoms with E-state index in [1.807, 2.05) is 13.0 Å². The molecule has 0 atom stereocenters. The number of H-pyrrole nitrogens is 1. The summed E-state index contributed by atoms with van der Waals surface area (Å²) in [5, 5.41) is 6.21. The van der Waals surface area contributed by atoms with Gasteiger partial charge in [0.05, 0.1) is 4.47 Å². The van der Waals surface area contributed by atoms with Crippen molar-refractivity contribution < 1.29 is 0 Å². The number of nitrogens with one attached hydrogen (secondary N) is 1. The molecule has 0 radical (unpaired) electrons. The van der Waals surface area contributed by atoms with Crippen LogP contribution in [0.3, 0.4) is 0 Å². The van der Waals surface area contributed by atoms with Gasteiger partial charge in [0, 0.05) is 6.20 Å². The van der Waals surface area contributed by atoms with Crippen LogP contribution in [0.2, 0.25) is 0 Å². The Kier molecular flexibility index (Phi) is 1.54. The van der Waals surface area contributed by atoms with Crippen molar-refractivity contribution in [2.75, 3.05) is 0 Å². The van der Waals surface area contributed by atoms with E-state index >= 15 is 0 Å². The Morgan fingerprint density at radius 1 is 1.67 bits per heavy atom. The molecule has 2 aromatic rings. The minimum absolute atomic E-state index is 0.214. The topological polar surface area (TPSA) is 50.2 Å². The summed E-state index contributed by atoms with van der Waals surface area (Å²) in [5.74, 6) is 0. The molecule has 0 unspecified atom stereocenters. The molecular weight excluding hydrogens is 222 g/mol. The smallest absolute Gasteiger partial charge is 0.249 e. The van der Waals surface area contributed by atoms with Gasteiger partial charge in [0.25, 0.3) is 0 Å². The summed E-state index contributed by atoms with van der Waals surface area (Å²) in [6.45, 7) is 1.92. The first-order valence-electron chi connectivity index (χ1n) is 3.41. The first-order chi connectivity index (χ1) is 5.68. The van der Waals surface area contributed by atoms with Crippen molar-refractivity contribution in [3.63, 3.8) is 0 Å². The van der Waals surface area contributed by atoms with Crippen LogP contribution < -0.4 is 5.69 Å². The highest BCUT2D eigenvalue weighted by atomic mass is 79.9. The minimum Gasteiger partial charge on any atom is -0.249 e. The molecule has 0 saturated carbocycles. The predicted molar refractivity (Wildman–Crippen MR) is 48.2 cm³/mol. The van der Waals surface area contributed by atoms with Gasteiger partial charge in [-0.1, -0.05) is 0 Å². The van der Waals surface area contributed by atoms with E-state index in [0.717, 1.165) is 10.0 Å². The second-order valence-corrected chi connectivity index (χ2v) is 3.44. The van der Waals surface area contributed by atoms with Gasteiger partial charge in [-0.25, -0.2) is 14.3 Å². The van der Waals surface area contributed by atoms with Crippen LogP contribution in [0.5, 0.6) is 0 Å². The number of hydrogen-bond donors (Lipinski definition) is 1. The fraction of sp³-hybridized carbons (Fsp3) is 0.143. The minimum atomic E-state index is -0.214. The first kappa shape index (κ1) is 7.54.